The van der Waals surface area contributed by atoms with E-state index in [4.69, 9.17) is 5.73 Å². The first kappa shape index (κ1) is 8.39. The zero-order valence-electron chi connectivity index (χ0n) is 5.82. The summed E-state index contributed by atoms with van der Waals surface area (Å²) in [6.45, 7) is 0. The molecule has 0 saturated carbocycles. The molecular formula is C6H4IN3S2. The third-order valence-corrected chi connectivity index (χ3v) is 3.88. The van der Waals surface area contributed by atoms with Crippen molar-refractivity contribution in [2.75, 3.05) is 5.73 Å². The SMILES string of the molecule is Nc1cnc(-c2ncc(I)s2)s1. The van der Waals surface area contributed by atoms with Gasteiger partial charge in [0.15, 0.2) is 10.0 Å². The van der Waals surface area contributed by atoms with E-state index in [0.29, 0.717) is 0 Å². The van der Waals surface area contributed by atoms with Gasteiger partial charge in [0.2, 0.25) is 0 Å². The highest BCUT2D eigenvalue weighted by atomic mass is 127. The minimum Gasteiger partial charge on any atom is -0.389 e. The zero-order valence-corrected chi connectivity index (χ0v) is 9.61. The topological polar surface area (TPSA) is 51.8 Å². The molecule has 0 amide bonds. The molecule has 2 N–H and O–H groups in total. The minimum atomic E-state index is 0.732. The van der Waals surface area contributed by atoms with E-state index in [1.54, 1.807) is 17.5 Å². The molecule has 0 unspecified atom stereocenters. The lowest BCUT2D eigenvalue weighted by atomic mass is 10.7. The standard InChI is InChI=1S/C6H4IN3S2/c7-3-1-9-5(11-3)6-10-2-4(8)12-6/h1-2H,8H2. The van der Waals surface area contributed by atoms with Crippen molar-refractivity contribution in [2.45, 2.75) is 0 Å². The van der Waals surface area contributed by atoms with Gasteiger partial charge >= 0.3 is 0 Å². The third-order valence-electron chi connectivity index (χ3n) is 1.18. The van der Waals surface area contributed by atoms with Gasteiger partial charge in [0, 0.05) is 0 Å². The molecule has 2 heterocycles. The Morgan fingerprint density at radius 3 is 2.33 bits per heavy atom. The maximum Gasteiger partial charge on any atom is 0.154 e. The highest BCUT2D eigenvalue weighted by Crippen LogP contribution is 2.30. The lowest BCUT2D eigenvalue weighted by molar-refractivity contribution is 1.35. The number of anilines is 1. The van der Waals surface area contributed by atoms with Gasteiger partial charge in [-0.15, -0.1) is 11.3 Å². The molecule has 0 aromatic carbocycles. The molecule has 3 nitrogen and oxygen atoms in total. The molecule has 0 aliphatic heterocycles. The van der Waals surface area contributed by atoms with Crippen molar-refractivity contribution in [2.24, 2.45) is 0 Å². The van der Waals surface area contributed by atoms with Gasteiger partial charge < -0.3 is 5.73 Å². The van der Waals surface area contributed by atoms with Crippen LogP contribution in [0.3, 0.4) is 0 Å². The Labute approximate surface area is 90.8 Å². The first-order valence-electron chi connectivity index (χ1n) is 3.09. The largest absolute Gasteiger partial charge is 0.389 e. The van der Waals surface area contributed by atoms with Gasteiger partial charge in [0.25, 0.3) is 0 Å². The highest BCUT2D eigenvalue weighted by Gasteiger charge is 2.06. The van der Waals surface area contributed by atoms with Crippen LogP contribution in [0, 0.1) is 2.88 Å². The molecule has 6 heteroatoms. The van der Waals surface area contributed by atoms with Crippen LogP contribution < -0.4 is 5.73 Å². The summed E-state index contributed by atoms with van der Waals surface area (Å²) >= 11 is 5.32. The smallest absolute Gasteiger partial charge is 0.154 e. The maximum atomic E-state index is 5.55. The highest BCUT2D eigenvalue weighted by molar-refractivity contribution is 14.1. The summed E-state index contributed by atoms with van der Waals surface area (Å²) in [7, 11) is 0. The molecule has 12 heavy (non-hydrogen) atoms. The molecule has 0 spiro atoms. The molecule has 2 rings (SSSR count). The van der Waals surface area contributed by atoms with E-state index in [9.17, 15) is 0 Å². The van der Waals surface area contributed by atoms with Crippen molar-refractivity contribution in [1.29, 1.82) is 0 Å². The number of aromatic nitrogens is 2. The van der Waals surface area contributed by atoms with E-state index >= 15 is 0 Å². The van der Waals surface area contributed by atoms with Gasteiger partial charge in [-0.1, -0.05) is 11.3 Å². The lowest BCUT2D eigenvalue weighted by Gasteiger charge is -1.82. The monoisotopic (exact) mass is 309 g/mol. The van der Waals surface area contributed by atoms with Crippen molar-refractivity contribution in [3.8, 4) is 10.0 Å². The maximum absolute atomic E-state index is 5.55. The molecule has 0 aliphatic rings. The number of nitrogen functional groups attached to an aromatic ring is 1. The minimum absolute atomic E-state index is 0.732. The van der Waals surface area contributed by atoms with Gasteiger partial charge in [0.05, 0.1) is 15.3 Å². The van der Waals surface area contributed by atoms with Crippen LogP contribution >= 0.6 is 45.3 Å². The van der Waals surface area contributed by atoms with E-state index in [2.05, 4.69) is 32.6 Å². The predicted molar refractivity (Wildman–Crippen MR) is 60.4 cm³/mol. The fourth-order valence-electron chi connectivity index (χ4n) is 0.739. The molecule has 0 fully saturated rings. The van der Waals surface area contributed by atoms with Crippen molar-refractivity contribution in [1.82, 2.24) is 9.97 Å². The van der Waals surface area contributed by atoms with Gasteiger partial charge in [-0.3, -0.25) is 0 Å². The lowest BCUT2D eigenvalue weighted by Crippen LogP contribution is -1.73. The number of nitrogens with two attached hydrogens (primary N) is 1. The summed E-state index contributed by atoms with van der Waals surface area (Å²) in [5.74, 6) is 0. The molecule has 0 bridgehead atoms. The second kappa shape index (κ2) is 3.27. The van der Waals surface area contributed by atoms with Crippen LogP contribution in [0.1, 0.15) is 0 Å². The summed E-state index contributed by atoms with van der Waals surface area (Å²) in [6.07, 6.45) is 3.49. The third kappa shape index (κ3) is 1.59. The fourth-order valence-corrected chi connectivity index (χ4v) is 2.86. The van der Waals surface area contributed by atoms with Gasteiger partial charge in [-0.05, 0) is 22.6 Å². The first-order valence-corrected chi connectivity index (χ1v) is 5.80. The number of hydrogen-bond acceptors (Lipinski definition) is 5. The summed E-state index contributed by atoms with van der Waals surface area (Å²) < 4.78 is 1.16. The second-order valence-electron chi connectivity index (χ2n) is 2.04. The van der Waals surface area contributed by atoms with Crippen LogP contribution in [0.5, 0.6) is 0 Å². The van der Waals surface area contributed by atoms with Crippen molar-refractivity contribution in [3.63, 3.8) is 0 Å². The average molecular weight is 309 g/mol. The second-order valence-corrected chi connectivity index (χ2v) is 6.02. The Kier molecular flexibility index (Phi) is 2.28. The Bertz CT molecular complexity index is 357. The summed E-state index contributed by atoms with van der Waals surface area (Å²) in [5, 5.41) is 2.58. The molecule has 2 aromatic heterocycles. The summed E-state index contributed by atoms with van der Waals surface area (Å²) in [5.41, 5.74) is 5.55. The normalized spacial score (nSPS) is 10.4. The molecule has 0 atom stereocenters. The van der Waals surface area contributed by atoms with Crippen molar-refractivity contribution in [3.05, 3.63) is 15.3 Å². The van der Waals surface area contributed by atoms with Gasteiger partial charge in [0.1, 0.15) is 5.00 Å². The van der Waals surface area contributed by atoms with E-state index in [1.807, 2.05) is 6.20 Å². The van der Waals surface area contributed by atoms with E-state index in [-0.39, 0.29) is 0 Å². The number of nitrogens with zero attached hydrogens (tertiary/aromatic N) is 2. The van der Waals surface area contributed by atoms with Crippen molar-refractivity contribution < 1.29 is 0 Å². The van der Waals surface area contributed by atoms with Gasteiger partial charge in [-0.2, -0.15) is 0 Å². The Morgan fingerprint density at radius 1 is 1.17 bits per heavy atom. The molecule has 0 radical (unpaired) electrons. The Hall–Kier alpha value is -0.210. The summed E-state index contributed by atoms with van der Waals surface area (Å²) in [4.78, 5) is 8.34. The van der Waals surface area contributed by atoms with Crippen molar-refractivity contribution >= 4 is 50.3 Å². The van der Waals surface area contributed by atoms with Crippen LogP contribution in [-0.2, 0) is 0 Å². The number of halogens is 1. The van der Waals surface area contributed by atoms with Gasteiger partial charge in [-0.25, -0.2) is 9.97 Å². The van der Waals surface area contributed by atoms with Crippen LogP contribution in [0.2, 0.25) is 0 Å². The molecule has 2 aromatic rings. The predicted octanol–water partition coefficient (Wildman–Crippen LogP) is 2.45. The number of hydrogen-bond donors (Lipinski definition) is 1. The van der Waals surface area contributed by atoms with Crippen LogP contribution in [0.25, 0.3) is 10.0 Å². The zero-order chi connectivity index (χ0) is 8.55. The van der Waals surface area contributed by atoms with Crippen LogP contribution in [0.4, 0.5) is 5.00 Å². The van der Waals surface area contributed by atoms with E-state index in [1.165, 1.54) is 11.3 Å². The Balaban J connectivity index is 2.43. The quantitative estimate of drug-likeness (QED) is 0.823. The Morgan fingerprint density at radius 2 is 1.83 bits per heavy atom. The fraction of sp³-hybridized carbons (Fsp3) is 0. The average Bonchev–Trinajstić information content (AvgIpc) is 2.58. The van der Waals surface area contributed by atoms with E-state index < -0.39 is 0 Å². The molecule has 0 aliphatic carbocycles. The number of thiazole rings is 2. The molecular weight excluding hydrogens is 305 g/mol. The molecule has 62 valence electrons. The van der Waals surface area contributed by atoms with Crippen LogP contribution in [0.15, 0.2) is 12.4 Å². The van der Waals surface area contributed by atoms with E-state index in [0.717, 1.165) is 17.9 Å². The summed E-state index contributed by atoms with van der Waals surface area (Å²) in [6, 6.07) is 0. The van der Waals surface area contributed by atoms with Crippen LogP contribution in [-0.4, -0.2) is 9.97 Å². The number of rotatable bonds is 1. The first-order chi connectivity index (χ1) is 5.75. The molecule has 0 saturated heterocycles.